The summed E-state index contributed by atoms with van der Waals surface area (Å²) in [6.07, 6.45) is 4.77. The number of halogens is 1. The monoisotopic (exact) mass is 383 g/mol. The fourth-order valence-corrected chi connectivity index (χ4v) is 4.04. The average molecular weight is 384 g/mol. The number of aryl methyl sites for hydroxylation is 2. The molecule has 0 bridgehead atoms. The van der Waals surface area contributed by atoms with Crippen LogP contribution in [-0.4, -0.2) is 25.5 Å². The standard InChI is InChI=1S/C20H22ClN5O/c1-13-18(19(21)25(2)24-13)20(27)23-16-9-6-10-17-15(16)11-22-26(17)12-14-7-4-3-5-8-14/h3-5,7-8,11,16H,6,9-10,12H2,1-2H3,(H,23,27). The maximum absolute atomic E-state index is 12.8. The molecule has 1 aliphatic carbocycles. The molecule has 4 rings (SSSR count). The lowest BCUT2D eigenvalue weighted by atomic mass is 9.92. The summed E-state index contributed by atoms with van der Waals surface area (Å²) in [5.74, 6) is -0.181. The highest BCUT2D eigenvalue weighted by molar-refractivity contribution is 6.33. The topological polar surface area (TPSA) is 64.7 Å². The van der Waals surface area contributed by atoms with Gasteiger partial charge in [0.25, 0.3) is 5.91 Å². The predicted molar refractivity (Wildman–Crippen MR) is 104 cm³/mol. The molecule has 2 aromatic heterocycles. The van der Waals surface area contributed by atoms with Crippen LogP contribution < -0.4 is 5.32 Å². The number of nitrogens with zero attached hydrogens (tertiary/aromatic N) is 4. The maximum atomic E-state index is 12.8. The van der Waals surface area contributed by atoms with Gasteiger partial charge in [0.15, 0.2) is 0 Å². The van der Waals surface area contributed by atoms with Crippen molar-refractivity contribution in [2.24, 2.45) is 7.05 Å². The zero-order chi connectivity index (χ0) is 19.0. The third-order valence-corrected chi connectivity index (χ3v) is 5.56. The van der Waals surface area contributed by atoms with Crippen molar-refractivity contribution in [2.45, 2.75) is 38.8 Å². The molecule has 3 aromatic rings. The van der Waals surface area contributed by atoms with Crippen molar-refractivity contribution < 1.29 is 4.79 Å². The second-order valence-corrected chi connectivity index (χ2v) is 7.34. The van der Waals surface area contributed by atoms with Crippen LogP contribution in [0.5, 0.6) is 0 Å². The Morgan fingerprint density at radius 2 is 2.11 bits per heavy atom. The number of aromatic nitrogens is 4. The van der Waals surface area contributed by atoms with Crippen LogP contribution >= 0.6 is 11.6 Å². The lowest BCUT2D eigenvalue weighted by Gasteiger charge is -2.24. The summed E-state index contributed by atoms with van der Waals surface area (Å²) in [6, 6.07) is 10.2. The van der Waals surface area contributed by atoms with Gasteiger partial charge in [-0.2, -0.15) is 10.2 Å². The number of nitrogens with one attached hydrogen (secondary N) is 1. The molecule has 0 saturated carbocycles. The number of benzene rings is 1. The van der Waals surface area contributed by atoms with Crippen LogP contribution in [0.3, 0.4) is 0 Å². The van der Waals surface area contributed by atoms with Crippen molar-refractivity contribution in [1.29, 1.82) is 0 Å². The Morgan fingerprint density at radius 3 is 2.81 bits per heavy atom. The molecule has 0 spiro atoms. The molecule has 7 heteroatoms. The fourth-order valence-electron chi connectivity index (χ4n) is 3.78. The van der Waals surface area contributed by atoms with Crippen LogP contribution in [0.25, 0.3) is 0 Å². The van der Waals surface area contributed by atoms with Crippen LogP contribution in [0.1, 0.15) is 51.8 Å². The number of amides is 1. The quantitative estimate of drug-likeness (QED) is 0.750. The number of rotatable bonds is 4. The molecule has 0 aliphatic heterocycles. The van der Waals surface area contributed by atoms with Gasteiger partial charge in [-0.1, -0.05) is 41.9 Å². The van der Waals surface area contributed by atoms with E-state index in [-0.39, 0.29) is 11.9 Å². The molecule has 1 aromatic carbocycles. The van der Waals surface area contributed by atoms with Gasteiger partial charge in [-0.15, -0.1) is 0 Å². The van der Waals surface area contributed by atoms with E-state index in [0.717, 1.165) is 31.4 Å². The lowest BCUT2D eigenvalue weighted by molar-refractivity contribution is 0.0932. The highest BCUT2D eigenvalue weighted by Gasteiger charge is 2.28. The van der Waals surface area contributed by atoms with E-state index < -0.39 is 0 Å². The first-order chi connectivity index (χ1) is 13.0. The number of hydrogen-bond donors (Lipinski definition) is 1. The van der Waals surface area contributed by atoms with Gasteiger partial charge in [0.2, 0.25) is 0 Å². The molecule has 1 amide bonds. The van der Waals surface area contributed by atoms with Crippen LogP contribution in [0.2, 0.25) is 5.15 Å². The zero-order valence-electron chi connectivity index (χ0n) is 15.4. The predicted octanol–water partition coefficient (Wildman–Crippen LogP) is 3.43. The number of carbonyl (C=O) groups excluding carboxylic acids is 1. The van der Waals surface area contributed by atoms with Gasteiger partial charge in [-0.3, -0.25) is 14.2 Å². The first-order valence-electron chi connectivity index (χ1n) is 9.13. The summed E-state index contributed by atoms with van der Waals surface area (Å²) in [7, 11) is 1.73. The first-order valence-corrected chi connectivity index (χ1v) is 9.51. The molecule has 1 N–H and O–H groups in total. The Morgan fingerprint density at radius 1 is 1.33 bits per heavy atom. The molecule has 1 aliphatic rings. The van der Waals surface area contributed by atoms with E-state index in [9.17, 15) is 4.79 Å². The smallest absolute Gasteiger partial charge is 0.256 e. The third-order valence-electron chi connectivity index (χ3n) is 5.12. The second-order valence-electron chi connectivity index (χ2n) is 6.98. The van der Waals surface area contributed by atoms with Crippen LogP contribution in [0.4, 0.5) is 0 Å². The van der Waals surface area contributed by atoms with Crippen LogP contribution in [0.15, 0.2) is 36.5 Å². The molecule has 140 valence electrons. The van der Waals surface area contributed by atoms with E-state index in [1.54, 1.807) is 14.0 Å². The highest BCUT2D eigenvalue weighted by Crippen LogP contribution is 2.31. The van der Waals surface area contributed by atoms with Gasteiger partial charge in [0.05, 0.1) is 30.0 Å². The molecule has 0 fully saturated rings. The summed E-state index contributed by atoms with van der Waals surface area (Å²) in [4.78, 5) is 12.8. The summed E-state index contributed by atoms with van der Waals surface area (Å²) in [5, 5.41) is 12.3. The van der Waals surface area contributed by atoms with Crippen LogP contribution in [0, 0.1) is 6.92 Å². The van der Waals surface area contributed by atoms with Gasteiger partial charge >= 0.3 is 0 Å². The zero-order valence-corrected chi connectivity index (χ0v) is 16.2. The number of hydrogen-bond acceptors (Lipinski definition) is 3. The van der Waals surface area contributed by atoms with E-state index in [0.29, 0.717) is 16.4 Å². The second kappa shape index (κ2) is 7.19. The summed E-state index contributed by atoms with van der Waals surface area (Å²) < 4.78 is 3.57. The van der Waals surface area contributed by atoms with E-state index >= 15 is 0 Å². The largest absolute Gasteiger partial charge is 0.345 e. The minimum Gasteiger partial charge on any atom is -0.345 e. The van der Waals surface area contributed by atoms with Crippen molar-refractivity contribution in [3.05, 3.63) is 69.8 Å². The van der Waals surface area contributed by atoms with E-state index in [1.807, 2.05) is 29.1 Å². The summed E-state index contributed by atoms with van der Waals surface area (Å²) in [6.45, 7) is 2.54. The molecule has 1 unspecified atom stereocenters. The van der Waals surface area contributed by atoms with E-state index in [2.05, 4.69) is 27.6 Å². The van der Waals surface area contributed by atoms with Crippen molar-refractivity contribution in [3.63, 3.8) is 0 Å². The number of carbonyl (C=O) groups is 1. The molecule has 27 heavy (non-hydrogen) atoms. The minimum absolute atomic E-state index is 0.0542. The molecule has 0 saturated heterocycles. The highest BCUT2D eigenvalue weighted by atomic mass is 35.5. The minimum atomic E-state index is -0.181. The van der Waals surface area contributed by atoms with Gasteiger partial charge in [0, 0.05) is 18.3 Å². The third kappa shape index (κ3) is 3.37. The fraction of sp³-hybridized carbons (Fsp3) is 0.350. The Kier molecular flexibility index (Phi) is 4.74. The van der Waals surface area contributed by atoms with Gasteiger partial charge in [-0.05, 0) is 31.7 Å². The van der Waals surface area contributed by atoms with Gasteiger partial charge in [-0.25, -0.2) is 0 Å². The van der Waals surface area contributed by atoms with E-state index in [4.69, 9.17) is 11.6 Å². The maximum Gasteiger partial charge on any atom is 0.256 e. The summed E-state index contributed by atoms with van der Waals surface area (Å²) >= 11 is 6.24. The molecule has 1 atom stereocenters. The molecular formula is C20H22ClN5O. The van der Waals surface area contributed by atoms with Crippen molar-refractivity contribution in [1.82, 2.24) is 24.9 Å². The summed E-state index contributed by atoms with van der Waals surface area (Å²) in [5.41, 5.74) is 4.60. The van der Waals surface area contributed by atoms with E-state index in [1.165, 1.54) is 15.9 Å². The lowest BCUT2D eigenvalue weighted by Crippen LogP contribution is -2.31. The van der Waals surface area contributed by atoms with Crippen molar-refractivity contribution >= 4 is 17.5 Å². The Bertz CT molecular complexity index is 976. The molecule has 2 heterocycles. The van der Waals surface area contributed by atoms with Gasteiger partial charge < -0.3 is 5.32 Å². The Labute approximate surface area is 163 Å². The van der Waals surface area contributed by atoms with Crippen LogP contribution in [-0.2, 0) is 20.0 Å². The van der Waals surface area contributed by atoms with Gasteiger partial charge in [0.1, 0.15) is 5.15 Å². The molecule has 0 radical (unpaired) electrons. The van der Waals surface area contributed by atoms with Crippen molar-refractivity contribution in [2.75, 3.05) is 0 Å². The normalized spacial score (nSPS) is 16.2. The Balaban J connectivity index is 1.56. The molecule has 6 nitrogen and oxygen atoms in total. The number of fused-ring (bicyclic) bond motifs is 1. The first kappa shape index (κ1) is 17.8. The Hall–Kier alpha value is -2.60. The average Bonchev–Trinajstić information content (AvgIpc) is 3.17. The molecular weight excluding hydrogens is 362 g/mol. The van der Waals surface area contributed by atoms with Crippen molar-refractivity contribution in [3.8, 4) is 0 Å². The SMILES string of the molecule is Cc1nn(C)c(Cl)c1C(=O)NC1CCCc2c1cnn2Cc1ccccc1.